The number of carbonyl (C=O) groups is 1. The fourth-order valence-corrected chi connectivity index (χ4v) is 12.1. The number of methoxy groups -OCH3 is 1. The van der Waals surface area contributed by atoms with E-state index in [9.17, 15) is 4.79 Å². The van der Waals surface area contributed by atoms with Gasteiger partial charge >= 0.3 is 214 Å². The number of benzene rings is 1. The normalized spacial score (nSPS) is 38.0. The summed E-state index contributed by atoms with van der Waals surface area (Å²) in [7, 11) is 1.71. The van der Waals surface area contributed by atoms with Crippen molar-refractivity contribution >= 4 is 25.2 Å². The van der Waals surface area contributed by atoms with Crippen LogP contribution in [0.2, 0.25) is 4.82 Å². The number of ether oxygens (including phenoxy) is 1. The first-order valence-electron chi connectivity index (χ1n) is 15.2. The molecule has 8 atom stereocenters. The molecule has 3 fully saturated rings. The van der Waals surface area contributed by atoms with E-state index in [0.717, 1.165) is 54.1 Å². The Labute approximate surface area is 232 Å². The van der Waals surface area contributed by atoms with Crippen LogP contribution in [0.1, 0.15) is 98.8 Å². The van der Waals surface area contributed by atoms with E-state index in [0.29, 0.717) is 11.2 Å². The van der Waals surface area contributed by atoms with Crippen molar-refractivity contribution in [3.8, 4) is 5.75 Å². The summed E-state index contributed by atoms with van der Waals surface area (Å²) in [6.07, 6.45) is 15.6. The molecule has 1 aromatic rings. The van der Waals surface area contributed by atoms with Crippen LogP contribution in [0.15, 0.2) is 35.9 Å². The topological polar surface area (TPSA) is 26.3 Å². The van der Waals surface area contributed by atoms with Crippen LogP contribution in [-0.4, -0.2) is 27.8 Å². The zero-order valence-electron chi connectivity index (χ0n) is 24.2. The molecule has 4 aliphatic carbocycles. The molecule has 37 heavy (non-hydrogen) atoms. The summed E-state index contributed by atoms with van der Waals surface area (Å²) < 4.78 is 6.67. The van der Waals surface area contributed by atoms with Crippen LogP contribution in [0.25, 0.3) is 0 Å². The van der Waals surface area contributed by atoms with Gasteiger partial charge in [0.25, 0.3) is 0 Å². The Morgan fingerprint density at radius 3 is 2.46 bits per heavy atom. The molecule has 0 N–H and O–H groups in total. The van der Waals surface area contributed by atoms with Crippen molar-refractivity contribution < 1.29 is 9.53 Å². The first-order valence-corrected chi connectivity index (χ1v) is 17.1. The van der Waals surface area contributed by atoms with Gasteiger partial charge in [0, 0.05) is 0 Å². The Bertz CT molecular complexity index is 996. The third-order valence-electron chi connectivity index (χ3n) is 11.5. The molecule has 4 aliphatic rings. The van der Waals surface area contributed by atoms with Crippen LogP contribution in [0, 0.1) is 46.3 Å². The molecule has 0 heterocycles. The zero-order valence-corrected chi connectivity index (χ0v) is 25.9. The second kappa shape index (κ2) is 10.8. The molecule has 0 aromatic heterocycles. The van der Waals surface area contributed by atoms with Crippen LogP contribution in [0.4, 0.5) is 0 Å². The summed E-state index contributed by atoms with van der Waals surface area (Å²) in [5.41, 5.74) is 2.26. The predicted octanol–water partition coefficient (Wildman–Crippen LogP) is 8.03. The van der Waals surface area contributed by atoms with Gasteiger partial charge in [0.15, 0.2) is 0 Å². The van der Waals surface area contributed by atoms with Gasteiger partial charge in [-0.25, -0.2) is 0 Å². The molecule has 3 saturated carbocycles. The number of fused-ring (bicyclic) bond motifs is 5. The first kappa shape index (κ1) is 27.5. The van der Waals surface area contributed by atoms with Gasteiger partial charge in [-0.3, -0.25) is 0 Å². The Morgan fingerprint density at radius 2 is 1.76 bits per heavy atom. The third-order valence-corrected chi connectivity index (χ3v) is 14.1. The first-order chi connectivity index (χ1) is 17.7. The van der Waals surface area contributed by atoms with E-state index in [1.165, 1.54) is 61.4 Å². The van der Waals surface area contributed by atoms with Gasteiger partial charge in [0.05, 0.1) is 0 Å². The van der Waals surface area contributed by atoms with E-state index < -0.39 is 0 Å². The van der Waals surface area contributed by atoms with E-state index >= 15 is 0 Å². The molecule has 3 heteroatoms. The monoisotopic (exact) mass is 570 g/mol. The molecule has 0 spiro atoms. The Hall–Kier alpha value is -1.05. The van der Waals surface area contributed by atoms with Crippen molar-refractivity contribution in [3.05, 3.63) is 35.9 Å². The Kier molecular flexibility index (Phi) is 8.06. The average Bonchev–Trinajstić information content (AvgIpc) is 3.22. The SMILES string of the molecule is COc1ccc([Se][C@@H]2C[C@@]3(C)C(=CC2=O)CC[C@H]2[C@@H]4CC[C@H]([C@H](C)CCCC(C)C)[C@@]4(C)CC[C@@H]23)cc1. The van der Waals surface area contributed by atoms with E-state index in [4.69, 9.17) is 4.74 Å². The molecule has 5 rings (SSSR count). The minimum atomic E-state index is 0.175. The van der Waals surface area contributed by atoms with Crippen molar-refractivity contribution in [1.29, 1.82) is 0 Å². The second-order valence-corrected chi connectivity index (χ2v) is 16.6. The van der Waals surface area contributed by atoms with E-state index in [-0.39, 0.29) is 25.2 Å². The molecule has 204 valence electrons. The van der Waals surface area contributed by atoms with Crippen LogP contribution >= 0.6 is 0 Å². The van der Waals surface area contributed by atoms with Gasteiger partial charge in [0.2, 0.25) is 0 Å². The van der Waals surface area contributed by atoms with Crippen LogP contribution in [0.3, 0.4) is 0 Å². The molecule has 1 aromatic carbocycles. The van der Waals surface area contributed by atoms with Crippen molar-refractivity contribution in [2.24, 2.45) is 46.3 Å². The Balaban J connectivity index is 1.31. The number of hydrogen-bond acceptors (Lipinski definition) is 2. The average molecular weight is 570 g/mol. The number of hydrogen-bond donors (Lipinski definition) is 0. The zero-order chi connectivity index (χ0) is 26.4. The fourth-order valence-electron chi connectivity index (χ4n) is 9.54. The van der Waals surface area contributed by atoms with Crippen molar-refractivity contribution in [2.75, 3.05) is 7.11 Å². The quantitative estimate of drug-likeness (QED) is 0.296. The molecule has 0 radical (unpaired) electrons. The van der Waals surface area contributed by atoms with E-state index in [1.807, 2.05) is 12.1 Å². The summed E-state index contributed by atoms with van der Waals surface area (Å²) in [6, 6.07) is 8.44. The summed E-state index contributed by atoms with van der Waals surface area (Å²) >= 11 is 0.175. The van der Waals surface area contributed by atoms with Gasteiger partial charge in [-0.1, -0.05) is 13.8 Å². The molecule has 0 unspecified atom stereocenters. The maximum atomic E-state index is 13.3. The number of rotatable bonds is 8. The van der Waals surface area contributed by atoms with Gasteiger partial charge in [-0.05, 0) is 5.92 Å². The van der Waals surface area contributed by atoms with Gasteiger partial charge in [-0.15, -0.1) is 0 Å². The Morgan fingerprint density at radius 1 is 1.00 bits per heavy atom. The predicted molar refractivity (Wildman–Crippen MR) is 156 cm³/mol. The van der Waals surface area contributed by atoms with Gasteiger partial charge in [-0.2, -0.15) is 0 Å². The molecule has 0 aliphatic heterocycles. The van der Waals surface area contributed by atoms with Crippen molar-refractivity contribution in [3.63, 3.8) is 0 Å². The molecule has 0 amide bonds. The van der Waals surface area contributed by atoms with Gasteiger partial charge in [0.1, 0.15) is 0 Å². The van der Waals surface area contributed by atoms with Crippen LogP contribution in [-0.2, 0) is 4.79 Å². The number of ketones is 1. The van der Waals surface area contributed by atoms with E-state index in [1.54, 1.807) is 7.11 Å². The van der Waals surface area contributed by atoms with Crippen LogP contribution in [0.5, 0.6) is 5.75 Å². The minimum absolute atomic E-state index is 0.175. The molecule has 0 saturated heterocycles. The fraction of sp³-hybridized carbons (Fsp3) is 0.735. The second-order valence-electron chi connectivity index (χ2n) is 13.9. The summed E-state index contributed by atoms with van der Waals surface area (Å²) in [5, 5.41) is 0. The molecular formula is C34H50O2Se. The molecule has 0 bridgehead atoms. The number of allylic oxidation sites excluding steroid dienone is 1. The number of carbonyl (C=O) groups excluding carboxylic acids is 1. The van der Waals surface area contributed by atoms with E-state index in [2.05, 4.69) is 52.8 Å². The van der Waals surface area contributed by atoms with Crippen molar-refractivity contribution in [1.82, 2.24) is 0 Å². The summed E-state index contributed by atoms with van der Waals surface area (Å²) in [4.78, 5) is 13.5. The standard InChI is InChI=1S/C34H50O2Se/c1-22(2)8-7-9-23(3)28-16-17-29-27-15-10-24-20-31(35)32(37-26-13-11-25(36-6)12-14-26)21-34(24,5)30(27)18-19-33(28,29)4/h11-14,20,22-23,27-30,32H,7-10,15-19,21H2,1-6H3/t23-,27+,28-,29+,30+,32-,33-,34+/m1/s1. The molecule has 2 nitrogen and oxygen atoms in total. The maximum absolute atomic E-state index is 13.3. The third kappa shape index (κ3) is 5.14. The van der Waals surface area contributed by atoms with Crippen LogP contribution < -0.4 is 9.20 Å². The summed E-state index contributed by atoms with van der Waals surface area (Å²) in [6.45, 7) is 12.6. The molecular weight excluding hydrogens is 519 g/mol. The van der Waals surface area contributed by atoms with Gasteiger partial charge < -0.3 is 0 Å². The van der Waals surface area contributed by atoms with Crippen molar-refractivity contribution in [2.45, 2.75) is 104 Å². The summed E-state index contributed by atoms with van der Waals surface area (Å²) in [5.74, 6) is 6.42.